The Hall–Kier alpha value is -2.10. The summed E-state index contributed by atoms with van der Waals surface area (Å²) in [5.41, 5.74) is 1.01. The predicted octanol–water partition coefficient (Wildman–Crippen LogP) is 3.40. The van der Waals surface area contributed by atoms with Crippen LogP contribution in [0.15, 0.2) is 42.5 Å². The number of hydrogen-bond acceptors (Lipinski definition) is 3. The van der Waals surface area contributed by atoms with Gasteiger partial charge in [-0.1, -0.05) is 24.3 Å². The van der Waals surface area contributed by atoms with Crippen molar-refractivity contribution in [3.63, 3.8) is 0 Å². The number of aromatic nitrogens is 1. The third-order valence-electron chi connectivity index (χ3n) is 2.68. The SMILES string of the molecule is COc1ccccc1C(C)Nc1cccc(F)n1. The van der Waals surface area contributed by atoms with Gasteiger partial charge in [-0.05, 0) is 25.1 Å². The van der Waals surface area contributed by atoms with Gasteiger partial charge in [-0.3, -0.25) is 0 Å². The van der Waals surface area contributed by atoms with E-state index in [1.807, 2.05) is 31.2 Å². The molecule has 0 aliphatic heterocycles. The minimum Gasteiger partial charge on any atom is -0.496 e. The molecule has 0 saturated carbocycles. The van der Waals surface area contributed by atoms with Crippen LogP contribution in [0.25, 0.3) is 0 Å². The number of benzene rings is 1. The van der Waals surface area contributed by atoms with E-state index in [0.717, 1.165) is 11.3 Å². The third-order valence-corrected chi connectivity index (χ3v) is 2.68. The molecule has 3 nitrogen and oxygen atoms in total. The molecule has 1 aromatic carbocycles. The molecule has 0 spiro atoms. The molecule has 0 fully saturated rings. The van der Waals surface area contributed by atoms with Crippen LogP contribution in [0.3, 0.4) is 0 Å². The summed E-state index contributed by atoms with van der Waals surface area (Å²) < 4.78 is 18.3. The minimum atomic E-state index is -0.493. The van der Waals surface area contributed by atoms with Crippen molar-refractivity contribution in [1.82, 2.24) is 4.98 Å². The lowest BCUT2D eigenvalue weighted by molar-refractivity contribution is 0.408. The number of para-hydroxylation sites is 1. The van der Waals surface area contributed by atoms with E-state index in [4.69, 9.17) is 4.74 Å². The molecule has 0 bridgehead atoms. The zero-order chi connectivity index (χ0) is 13.0. The van der Waals surface area contributed by atoms with Crippen LogP contribution in [0.1, 0.15) is 18.5 Å². The molecule has 18 heavy (non-hydrogen) atoms. The molecule has 2 aromatic rings. The van der Waals surface area contributed by atoms with E-state index in [2.05, 4.69) is 10.3 Å². The summed E-state index contributed by atoms with van der Waals surface area (Å²) in [4.78, 5) is 3.78. The normalized spacial score (nSPS) is 11.9. The number of hydrogen-bond donors (Lipinski definition) is 1. The molecule has 0 aliphatic carbocycles. The topological polar surface area (TPSA) is 34.1 Å². The van der Waals surface area contributed by atoms with E-state index < -0.39 is 5.95 Å². The van der Waals surface area contributed by atoms with Crippen molar-refractivity contribution in [2.24, 2.45) is 0 Å². The second kappa shape index (κ2) is 5.49. The summed E-state index contributed by atoms with van der Waals surface area (Å²) >= 11 is 0. The van der Waals surface area contributed by atoms with Gasteiger partial charge in [-0.2, -0.15) is 4.39 Å². The van der Waals surface area contributed by atoms with E-state index >= 15 is 0 Å². The zero-order valence-electron chi connectivity index (χ0n) is 10.4. The smallest absolute Gasteiger partial charge is 0.214 e. The number of anilines is 1. The lowest BCUT2D eigenvalue weighted by atomic mass is 10.1. The quantitative estimate of drug-likeness (QED) is 0.839. The van der Waals surface area contributed by atoms with Crippen LogP contribution in [0.4, 0.5) is 10.2 Å². The van der Waals surface area contributed by atoms with Gasteiger partial charge < -0.3 is 10.1 Å². The Morgan fingerprint density at radius 2 is 1.94 bits per heavy atom. The van der Waals surface area contributed by atoms with E-state index in [0.29, 0.717) is 5.82 Å². The predicted molar refractivity (Wildman–Crippen MR) is 69.2 cm³/mol. The molecule has 1 N–H and O–H groups in total. The van der Waals surface area contributed by atoms with E-state index in [9.17, 15) is 4.39 Å². The molecule has 4 heteroatoms. The first-order valence-corrected chi connectivity index (χ1v) is 5.72. The van der Waals surface area contributed by atoms with Crippen molar-refractivity contribution in [3.05, 3.63) is 54.0 Å². The summed E-state index contributed by atoms with van der Waals surface area (Å²) in [6.45, 7) is 1.98. The van der Waals surface area contributed by atoms with Gasteiger partial charge in [0.1, 0.15) is 11.6 Å². The Labute approximate surface area is 106 Å². The highest BCUT2D eigenvalue weighted by Crippen LogP contribution is 2.26. The van der Waals surface area contributed by atoms with E-state index in [1.54, 1.807) is 19.2 Å². The van der Waals surface area contributed by atoms with Gasteiger partial charge in [-0.15, -0.1) is 0 Å². The monoisotopic (exact) mass is 246 g/mol. The molecule has 2 rings (SSSR count). The number of methoxy groups -OCH3 is 1. The Morgan fingerprint density at radius 3 is 2.67 bits per heavy atom. The average Bonchev–Trinajstić information content (AvgIpc) is 2.38. The number of ether oxygens (including phenoxy) is 1. The standard InChI is InChI=1S/C14H15FN2O/c1-10(11-6-3-4-7-12(11)18-2)16-14-9-5-8-13(15)17-14/h3-10H,1-2H3,(H,16,17). The second-order valence-electron chi connectivity index (χ2n) is 3.95. The van der Waals surface area contributed by atoms with Crippen molar-refractivity contribution >= 4 is 5.82 Å². The molecular formula is C14H15FN2O. The van der Waals surface area contributed by atoms with Crippen LogP contribution in [0.5, 0.6) is 5.75 Å². The number of halogens is 1. The van der Waals surface area contributed by atoms with Crippen molar-refractivity contribution in [1.29, 1.82) is 0 Å². The molecule has 1 atom stereocenters. The van der Waals surface area contributed by atoms with Gasteiger partial charge in [0, 0.05) is 5.56 Å². The fourth-order valence-electron chi connectivity index (χ4n) is 1.81. The molecule has 0 amide bonds. The van der Waals surface area contributed by atoms with Gasteiger partial charge in [-0.25, -0.2) is 4.98 Å². The lowest BCUT2D eigenvalue weighted by Gasteiger charge is -2.17. The number of nitrogens with one attached hydrogen (secondary N) is 1. The van der Waals surface area contributed by atoms with E-state index in [-0.39, 0.29) is 6.04 Å². The van der Waals surface area contributed by atoms with Gasteiger partial charge >= 0.3 is 0 Å². The van der Waals surface area contributed by atoms with E-state index in [1.165, 1.54) is 6.07 Å². The van der Waals surface area contributed by atoms with Crippen molar-refractivity contribution < 1.29 is 9.13 Å². The maximum Gasteiger partial charge on any atom is 0.214 e. The fraction of sp³-hybridized carbons (Fsp3) is 0.214. The van der Waals surface area contributed by atoms with Crippen LogP contribution in [0.2, 0.25) is 0 Å². The van der Waals surface area contributed by atoms with Gasteiger partial charge in [0.2, 0.25) is 5.95 Å². The molecule has 1 heterocycles. The molecule has 1 unspecified atom stereocenters. The van der Waals surface area contributed by atoms with Crippen LogP contribution in [0, 0.1) is 5.95 Å². The average molecular weight is 246 g/mol. The summed E-state index contributed by atoms with van der Waals surface area (Å²) in [5.74, 6) is 0.814. The maximum atomic E-state index is 13.0. The fourth-order valence-corrected chi connectivity index (χ4v) is 1.81. The van der Waals surface area contributed by atoms with Gasteiger partial charge in [0.25, 0.3) is 0 Å². The largest absolute Gasteiger partial charge is 0.496 e. The first kappa shape index (κ1) is 12.4. The molecule has 1 aromatic heterocycles. The van der Waals surface area contributed by atoms with Crippen molar-refractivity contribution in [2.45, 2.75) is 13.0 Å². The minimum absolute atomic E-state index is 0.0181. The summed E-state index contributed by atoms with van der Waals surface area (Å²) in [7, 11) is 1.63. The summed E-state index contributed by atoms with van der Waals surface area (Å²) in [5, 5.41) is 3.14. The Balaban J connectivity index is 2.19. The first-order valence-electron chi connectivity index (χ1n) is 5.72. The first-order chi connectivity index (χ1) is 8.70. The van der Waals surface area contributed by atoms with Gasteiger partial charge in [0.15, 0.2) is 0 Å². The van der Waals surface area contributed by atoms with Crippen LogP contribution in [-0.4, -0.2) is 12.1 Å². The summed E-state index contributed by atoms with van der Waals surface area (Å²) in [6.07, 6.45) is 0. The third kappa shape index (κ3) is 2.77. The molecular weight excluding hydrogens is 231 g/mol. The molecule has 0 radical (unpaired) electrons. The Bertz CT molecular complexity index is 531. The van der Waals surface area contributed by atoms with Crippen LogP contribution < -0.4 is 10.1 Å². The summed E-state index contributed by atoms with van der Waals surface area (Å²) in [6, 6.07) is 12.4. The Morgan fingerprint density at radius 1 is 1.17 bits per heavy atom. The maximum absolute atomic E-state index is 13.0. The lowest BCUT2D eigenvalue weighted by Crippen LogP contribution is -2.09. The highest BCUT2D eigenvalue weighted by Gasteiger charge is 2.11. The van der Waals surface area contributed by atoms with Crippen molar-refractivity contribution in [3.8, 4) is 5.75 Å². The highest BCUT2D eigenvalue weighted by atomic mass is 19.1. The van der Waals surface area contributed by atoms with Crippen LogP contribution >= 0.6 is 0 Å². The molecule has 0 saturated heterocycles. The molecule has 0 aliphatic rings. The zero-order valence-corrected chi connectivity index (χ0v) is 10.4. The number of pyridine rings is 1. The van der Waals surface area contributed by atoms with Gasteiger partial charge in [0.05, 0.1) is 13.2 Å². The van der Waals surface area contributed by atoms with Crippen LogP contribution in [-0.2, 0) is 0 Å². The second-order valence-corrected chi connectivity index (χ2v) is 3.95. The number of nitrogens with zero attached hydrogens (tertiary/aromatic N) is 1. The highest BCUT2D eigenvalue weighted by molar-refractivity contribution is 5.42. The van der Waals surface area contributed by atoms with Crippen molar-refractivity contribution in [2.75, 3.05) is 12.4 Å². The Kier molecular flexibility index (Phi) is 3.77. The molecule has 94 valence electrons. The number of rotatable bonds is 4.